The van der Waals surface area contributed by atoms with Crippen LogP contribution >= 0.6 is 35.3 Å². The molecule has 3 rings (SSSR count). The number of amides is 1. The van der Waals surface area contributed by atoms with E-state index in [2.05, 4.69) is 46.2 Å². The lowest BCUT2D eigenvalue weighted by atomic mass is 10.1. The Balaban J connectivity index is 0.00000261. The van der Waals surface area contributed by atoms with E-state index in [0.29, 0.717) is 17.9 Å². The van der Waals surface area contributed by atoms with Crippen LogP contribution in [-0.2, 0) is 4.79 Å². The van der Waals surface area contributed by atoms with Gasteiger partial charge in [0.25, 0.3) is 0 Å². The molecule has 0 spiro atoms. The van der Waals surface area contributed by atoms with Gasteiger partial charge in [0.05, 0.1) is 0 Å². The lowest BCUT2D eigenvalue weighted by Crippen LogP contribution is -2.45. The van der Waals surface area contributed by atoms with Crippen molar-refractivity contribution in [3.8, 4) is 0 Å². The van der Waals surface area contributed by atoms with Gasteiger partial charge in [-0.15, -0.1) is 24.0 Å². The molecule has 1 aromatic heterocycles. The second kappa shape index (κ2) is 11.2. The second-order valence-electron chi connectivity index (χ2n) is 7.57. The van der Waals surface area contributed by atoms with E-state index in [1.54, 1.807) is 11.3 Å². The van der Waals surface area contributed by atoms with Crippen molar-refractivity contribution in [3.63, 3.8) is 0 Å². The van der Waals surface area contributed by atoms with Gasteiger partial charge in [-0.05, 0) is 48.6 Å². The van der Waals surface area contributed by atoms with Crippen LogP contribution in [-0.4, -0.2) is 49.0 Å². The van der Waals surface area contributed by atoms with E-state index in [1.165, 1.54) is 18.4 Å². The van der Waals surface area contributed by atoms with Crippen molar-refractivity contribution in [2.24, 2.45) is 10.9 Å². The van der Waals surface area contributed by atoms with Crippen LogP contribution < -0.4 is 10.6 Å². The monoisotopic (exact) mass is 504 g/mol. The first-order valence-corrected chi connectivity index (χ1v) is 11.0. The quantitative estimate of drug-likeness (QED) is 0.352. The third kappa shape index (κ3) is 6.34. The van der Waals surface area contributed by atoms with Crippen LogP contribution in [0.4, 0.5) is 0 Å². The van der Waals surface area contributed by atoms with Gasteiger partial charge >= 0.3 is 0 Å². The van der Waals surface area contributed by atoms with E-state index >= 15 is 0 Å². The third-order valence-corrected chi connectivity index (χ3v) is 6.23. The molecule has 1 saturated carbocycles. The van der Waals surface area contributed by atoms with E-state index in [4.69, 9.17) is 4.99 Å². The summed E-state index contributed by atoms with van der Waals surface area (Å²) in [4.78, 5) is 19.4. The van der Waals surface area contributed by atoms with Gasteiger partial charge in [0.2, 0.25) is 5.91 Å². The van der Waals surface area contributed by atoms with Crippen molar-refractivity contribution < 1.29 is 4.79 Å². The fourth-order valence-corrected chi connectivity index (χ4v) is 4.69. The van der Waals surface area contributed by atoms with E-state index in [1.807, 2.05) is 0 Å². The number of carbonyl (C=O) groups excluding carboxylic acids is 1. The molecule has 5 nitrogen and oxygen atoms in total. The number of nitrogens with zero attached hydrogens (tertiary/aromatic N) is 2. The molecular weight excluding hydrogens is 471 g/mol. The highest BCUT2D eigenvalue weighted by Gasteiger charge is 2.32. The summed E-state index contributed by atoms with van der Waals surface area (Å²) in [5.74, 6) is 1.94. The second-order valence-corrected chi connectivity index (χ2v) is 8.35. The highest BCUT2D eigenvalue weighted by atomic mass is 127. The molecule has 0 radical (unpaired) electrons. The Kier molecular flexibility index (Phi) is 9.35. The Bertz CT molecular complexity index is 601. The maximum atomic E-state index is 12.6. The zero-order valence-electron chi connectivity index (χ0n) is 16.4. The summed E-state index contributed by atoms with van der Waals surface area (Å²) < 4.78 is 0. The summed E-state index contributed by atoms with van der Waals surface area (Å²) in [6, 6.07) is 2.48. The number of rotatable bonds is 6. The SMILES string of the molecule is CCNC(=NCC(C)c1ccsc1)NC1CCN(C(=O)C2CCCC2)C1.I. The average Bonchev–Trinajstić information content (AvgIpc) is 3.41. The molecule has 2 unspecified atom stereocenters. The maximum absolute atomic E-state index is 12.6. The van der Waals surface area contributed by atoms with Crippen LogP contribution in [0.3, 0.4) is 0 Å². The maximum Gasteiger partial charge on any atom is 0.225 e. The summed E-state index contributed by atoms with van der Waals surface area (Å²) in [7, 11) is 0. The van der Waals surface area contributed by atoms with Crippen molar-refractivity contribution in [2.45, 2.75) is 57.9 Å². The molecule has 2 heterocycles. The topological polar surface area (TPSA) is 56.7 Å². The Labute approximate surface area is 184 Å². The molecule has 27 heavy (non-hydrogen) atoms. The minimum absolute atomic E-state index is 0. The molecule has 1 saturated heterocycles. The van der Waals surface area contributed by atoms with Crippen LogP contribution in [0, 0.1) is 5.92 Å². The number of guanidine groups is 1. The summed E-state index contributed by atoms with van der Waals surface area (Å²) in [6.45, 7) is 7.59. The number of hydrogen-bond acceptors (Lipinski definition) is 3. The summed E-state index contributed by atoms with van der Waals surface area (Å²) in [5.41, 5.74) is 1.35. The van der Waals surface area contributed by atoms with Gasteiger partial charge in [0.1, 0.15) is 0 Å². The lowest BCUT2D eigenvalue weighted by Gasteiger charge is -2.21. The summed E-state index contributed by atoms with van der Waals surface area (Å²) in [6.07, 6.45) is 5.59. The highest BCUT2D eigenvalue weighted by molar-refractivity contribution is 14.0. The van der Waals surface area contributed by atoms with Gasteiger partial charge in [-0.25, -0.2) is 0 Å². The zero-order valence-corrected chi connectivity index (χ0v) is 19.6. The Hall–Kier alpha value is -0.830. The number of aliphatic imine (C=N–C) groups is 1. The summed E-state index contributed by atoms with van der Waals surface area (Å²) >= 11 is 1.73. The number of halogens is 1. The zero-order chi connectivity index (χ0) is 18.4. The molecule has 2 fully saturated rings. The Morgan fingerprint density at radius 2 is 2.15 bits per heavy atom. The molecule has 1 aromatic rings. The van der Waals surface area contributed by atoms with Crippen molar-refractivity contribution in [2.75, 3.05) is 26.2 Å². The number of nitrogens with one attached hydrogen (secondary N) is 2. The van der Waals surface area contributed by atoms with Gasteiger partial charge < -0.3 is 15.5 Å². The normalized spacial score (nSPS) is 21.8. The number of thiophene rings is 1. The first kappa shape index (κ1) is 22.5. The number of likely N-dealkylation sites (tertiary alicyclic amines) is 1. The van der Waals surface area contributed by atoms with Gasteiger partial charge in [-0.2, -0.15) is 11.3 Å². The van der Waals surface area contributed by atoms with Crippen molar-refractivity contribution in [3.05, 3.63) is 22.4 Å². The average molecular weight is 504 g/mol. The highest BCUT2D eigenvalue weighted by Crippen LogP contribution is 2.27. The molecule has 2 atom stereocenters. The van der Waals surface area contributed by atoms with Crippen LogP contribution in [0.5, 0.6) is 0 Å². The Morgan fingerprint density at radius 1 is 1.37 bits per heavy atom. The molecule has 1 aliphatic heterocycles. The van der Waals surface area contributed by atoms with E-state index in [-0.39, 0.29) is 29.9 Å². The molecule has 0 bridgehead atoms. The number of hydrogen-bond donors (Lipinski definition) is 2. The van der Waals surface area contributed by atoms with Crippen molar-refractivity contribution >= 4 is 47.2 Å². The molecule has 1 amide bonds. The van der Waals surface area contributed by atoms with Gasteiger partial charge in [-0.1, -0.05) is 19.8 Å². The van der Waals surface area contributed by atoms with Crippen LogP contribution in [0.25, 0.3) is 0 Å². The molecule has 7 heteroatoms. The Morgan fingerprint density at radius 3 is 2.81 bits per heavy atom. The van der Waals surface area contributed by atoms with Crippen LogP contribution in [0.2, 0.25) is 0 Å². The molecule has 2 N–H and O–H groups in total. The first-order chi connectivity index (χ1) is 12.7. The van der Waals surface area contributed by atoms with Gasteiger partial charge in [0.15, 0.2) is 5.96 Å². The third-order valence-electron chi connectivity index (χ3n) is 5.52. The van der Waals surface area contributed by atoms with E-state index in [0.717, 1.165) is 51.4 Å². The predicted molar refractivity (Wildman–Crippen MR) is 124 cm³/mol. The minimum Gasteiger partial charge on any atom is -0.357 e. The first-order valence-electron chi connectivity index (χ1n) is 10.0. The molecule has 2 aliphatic rings. The fraction of sp³-hybridized carbons (Fsp3) is 0.700. The van der Waals surface area contributed by atoms with Gasteiger partial charge in [0, 0.05) is 44.1 Å². The fourth-order valence-electron chi connectivity index (χ4n) is 3.91. The largest absolute Gasteiger partial charge is 0.357 e. The van der Waals surface area contributed by atoms with Crippen molar-refractivity contribution in [1.82, 2.24) is 15.5 Å². The molecule has 1 aliphatic carbocycles. The smallest absolute Gasteiger partial charge is 0.225 e. The molecule has 152 valence electrons. The molecule has 0 aromatic carbocycles. The van der Waals surface area contributed by atoms with E-state index < -0.39 is 0 Å². The number of carbonyl (C=O) groups is 1. The lowest BCUT2D eigenvalue weighted by molar-refractivity contribution is -0.134. The van der Waals surface area contributed by atoms with Gasteiger partial charge in [-0.3, -0.25) is 9.79 Å². The minimum atomic E-state index is 0. The van der Waals surface area contributed by atoms with Crippen LogP contribution in [0.15, 0.2) is 21.8 Å². The van der Waals surface area contributed by atoms with E-state index in [9.17, 15) is 4.79 Å². The van der Waals surface area contributed by atoms with Crippen LogP contribution in [0.1, 0.15) is 57.4 Å². The standard InChI is InChI=1S/C20H32N4OS.HI/c1-3-21-20(22-12-15(2)17-9-11-26-14-17)23-18-8-10-24(13-18)19(25)16-6-4-5-7-16;/h9,11,14-16,18H,3-8,10,12-13H2,1-2H3,(H2,21,22,23);1H. The molecular formula is C20H33IN4OS. The summed E-state index contributed by atoms with van der Waals surface area (Å²) in [5, 5.41) is 11.2. The predicted octanol–water partition coefficient (Wildman–Crippen LogP) is 3.82. The van der Waals surface area contributed by atoms with Crippen molar-refractivity contribution in [1.29, 1.82) is 0 Å².